The topological polar surface area (TPSA) is 479 Å². The van der Waals surface area contributed by atoms with Crippen molar-refractivity contribution >= 4 is 88.7 Å². The summed E-state index contributed by atoms with van der Waals surface area (Å²) in [7, 11) is 0. The monoisotopic (exact) mass is 1350 g/mol. The largest absolute Gasteiger partial charge is 0.480 e. The number of hydrogen-bond donors (Lipinski definition) is 12. The molecule has 0 unspecified atom stereocenters. The molecule has 0 aliphatic carbocycles. The molecule has 0 spiro atoms. The van der Waals surface area contributed by atoms with Crippen LogP contribution in [-0.2, 0) is 71.9 Å². The lowest BCUT2D eigenvalue weighted by Crippen LogP contribution is -2.57. The Morgan fingerprint density at radius 3 is 0.771 bits per heavy atom. The van der Waals surface area contributed by atoms with Crippen LogP contribution in [0, 0.1) is 0 Å². The first-order valence-electron chi connectivity index (χ1n) is 33.2. The molecule has 96 heavy (non-hydrogen) atoms. The standard InChI is InChI=1S/C60H87N15O21/c76-31-16-41(71(26-31)56(92)36-6-1-11-61-36)51(87)62-21-46(81)67-12-2-7-37(67)57(93)72-27-32(77)17-42(72)52(88)63-22-47(82)68-13-3-8-38(68)58(94)73-28-33(78)18-43(73)53(89)64-23-48(83)69-14-4-9-39(69)59(95)74-29-34(79)19-44(74)54(90)65-24-49(84)70-15-5-10-40(70)60(96)75-30-35(80)20-45(75)55(91)66-25-50(85)86/h31-45,61,76-80H,1-30H2,(H,62,87)(H,63,88)(H,64,89)(H,65,90)(H,66,91)(H,85,86)/t31-,32-,33-,34-,35-,36+,37+,38+,39+,40+,41+,42+,43+,44+,45+/m1/s1. The van der Waals surface area contributed by atoms with E-state index in [0.29, 0.717) is 38.6 Å². The molecule has 15 atom stereocenters. The average Bonchev–Trinajstić information content (AvgIpc) is 1.66. The van der Waals surface area contributed by atoms with Crippen LogP contribution in [0.2, 0.25) is 0 Å². The summed E-state index contributed by atoms with van der Waals surface area (Å²) >= 11 is 0. The summed E-state index contributed by atoms with van der Waals surface area (Å²) in [5.41, 5.74) is 0. The molecular formula is C60H87N15O21. The summed E-state index contributed by atoms with van der Waals surface area (Å²) in [6, 6.07) is -10.8. The van der Waals surface area contributed by atoms with E-state index in [2.05, 4.69) is 31.9 Å². The minimum absolute atomic E-state index is 0.0126. The minimum Gasteiger partial charge on any atom is -0.480 e. The Morgan fingerprint density at radius 2 is 0.542 bits per heavy atom. The highest BCUT2D eigenvalue weighted by Crippen LogP contribution is 2.31. The van der Waals surface area contributed by atoms with Crippen LogP contribution in [-0.4, -0.2) is 353 Å². The van der Waals surface area contributed by atoms with Crippen molar-refractivity contribution < 1.29 is 103 Å². The second kappa shape index (κ2) is 30.5. The summed E-state index contributed by atoms with van der Waals surface area (Å²) in [6.45, 7) is -3.13. The quantitative estimate of drug-likeness (QED) is 0.0538. The smallest absolute Gasteiger partial charge is 0.322 e. The highest BCUT2D eigenvalue weighted by atomic mass is 16.4. The molecule has 36 nitrogen and oxygen atoms in total. The third kappa shape index (κ3) is 15.5. The van der Waals surface area contributed by atoms with Gasteiger partial charge in [0, 0.05) is 91.0 Å². The zero-order valence-electron chi connectivity index (χ0n) is 53.2. The fraction of sp³-hybridized carbons (Fsp3) is 0.750. The van der Waals surface area contributed by atoms with Crippen LogP contribution in [0.1, 0.15) is 96.3 Å². The first-order valence-corrected chi connectivity index (χ1v) is 33.2. The highest BCUT2D eigenvalue weighted by molar-refractivity contribution is 6.00. The molecule has 10 aliphatic heterocycles. The van der Waals surface area contributed by atoms with Gasteiger partial charge in [0.1, 0.15) is 60.9 Å². The summed E-state index contributed by atoms with van der Waals surface area (Å²) < 4.78 is 0. The first-order chi connectivity index (χ1) is 45.8. The van der Waals surface area contributed by atoms with E-state index in [4.69, 9.17) is 5.11 Å². The molecule has 0 saturated carbocycles. The summed E-state index contributed by atoms with van der Waals surface area (Å²) in [6.07, 6.45) is -2.63. The summed E-state index contributed by atoms with van der Waals surface area (Å²) in [5, 5.41) is 77.4. The zero-order chi connectivity index (χ0) is 69.0. The second-order valence-electron chi connectivity index (χ2n) is 26.6. The predicted octanol–water partition coefficient (Wildman–Crippen LogP) is -9.82. The number of aliphatic carboxylic acids is 1. The van der Waals surface area contributed by atoms with Gasteiger partial charge in [-0.1, -0.05) is 0 Å². The van der Waals surface area contributed by atoms with Crippen molar-refractivity contribution in [1.29, 1.82) is 0 Å². The van der Waals surface area contributed by atoms with Gasteiger partial charge in [-0.3, -0.25) is 71.9 Å². The fourth-order valence-corrected chi connectivity index (χ4v) is 15.5. The molecule has 0 aromatic carbocycles. The van der Waals surface area contributed by atoms with E-state index >= 15 is 0 Å². The highest BCUT2D eigenvalue weighted by Gasteiger charge is 2.51. The lowest BCUT2D eigenvalue weighted by molar-refractivity contribution is -0.148. The number of likely N-dealkylation sites (tertiary alicyclic amines) is 9. The van der Waals surface area contributed by atoms with Crippen LogP contribution < -0.4 is 31.9 Å². The van der Waals surface area contributed by atoms with Gasteiger partial charge in [-0.25, -0.2) is 0 Å². The van der Waals surface area contributed by atoms with Crippen LogP contribution in [0.15, 0.2) is 0 Å². The molecule has 10 aliphatic rings. The number of carboxylic acid groups (broad SMARTS) is 1. The summed E-state index contributed by atoms with van der Waals surface area (Å²) in [5.74, 6) is -10.7. The first kappa shape index (κ1) is 70.6. The van der Waals surface area contributed by atoms with E-state index in [0.717, 1.165) is 26.0 Å². The van der Waals surface area contributed by atoms with Gasteiger partial charge in [-0.15, -0.1) is 0 Å². The van der Waals surface area contributed by atoms with Crippen molar-refractivity contribution in [2.45, 2.75) is 187 Å². The van der Waals surface area contributed by atoms with Crippen LogP contribution in [0.5, 0.6) is 0 Å². The molecule has 528 valence electrons. The Labute approximate surface area is 551 Å². The van der Waals surface area contributed by atoms with Crippen molar-refractivity contribution in [3.8, 4) is 0 Å². The number of hydrogen-bond acceptors (Lipinski definition) is 21. The van der Waals surface area contributed by atoms with Crippen LogP contribution in [0.4, 0.5) is 0 Å². The molecule has 10 heterocycles. The lowest BCUT2D eigenvalue weighted by atomic mass is 10.1. The van der Waals surface area contributed by atoms with E-state index in [1.807, 2.05) is 0 Å². The molecule has 10 fully saturated rings. The van der Waals surface area contributed by atoms with Gasteiger partial charge in [-0.2, -0.15) is 0 Å². The van der Waals surface area contributed by atoms with Gasteiger partial charge < -0.3 is 107 Å². The van der Waals surface area contributed by atoms with E-state index in [-0.39, 0.29) is 123 Å². The Bertz CT molecular complexity index is 3080. The molecule has 10 rings (SSSR count). The number of rotatable bonds is 20. The number of carbonyl (C=O) groups is 15. The number of carbonyl (C=O) groups excluding carboxylic acids is 14. The molecule has 36 heteroatoms. The fourth-order valence-electron chi connectivity index (χ4n) is 15.5. The zero-order valence-corrected chi connectivity index (χ0v) is 53.2. The van der Waals surface area contributed by atoms with Crippen LogP contribution in [0.25, 0.3) is 0 Å². The average molecular weight is 1350 g/mol. The molecule has 0 bridgehead atoms. The summed E-state index contributed by atoms with van der Waals surface area (Å²) in [4.78, 5) is 214. The Hall–Kier alpha value is -8.19. The number of nitrogens with zero attached hydrogens (tertiary/aromatic N) is 9. The second-order valence-corrected chi connectivity index (χ2v) is 26.6. The van der Waals surface area contributed by atoms with Gasteiger partial charge >= 0.3 is 5.97 Å². The molecule has 0 radical (unpaired) electrons. The number of amides is 14. The van der Waals surface area contributed by atoms with E-state index < -0.39 is 206 Å². The Kier molecular flexibility index (Phi) is 22.4. The molecule has 10 saturated heterocycles. The normalized spacial score (nSPS) is 31.1. The number of aliphatic hydroxyl groups is 5. The maximum Gasteiger partial charge on any atom is 0.322 e. The number of β-amino-alcohol motifs (C(OH)–C–C–N with tert-alkyl or cyclic N) is 5. The maximum atomic E-state index is 14.3. The molecule has 12 N–H and O–H groups in total. The van der Waals surface area contributed by atoms with Gasteiger partial charge in [0.2, 0.25) is 82.7 Å². The van der Waals surface area contributed by atoms with Gasteiger partial charge in [0.15, 0.2) is 0 Å². The SMILES string of the molecule is O=C(O)CNC(=O)[C@@H]1C[C@@H](O)CN1C(=O)[C@@H]1CCCN1C(=O)CNC(=O)[C@@H]1C[C@@H](O)CN1C(=O)[C@@H]1CCCN1C(=O)CNC(=O)[C@@H]1C[C@@H](O)CN1C(=O)[C@@H]1CCCN1C(=O)CNC(=O)[C@@H]1C[C@@H](O)CN1C(=O)[C@@H]1CCCN1C(=O)CNC(=O)[C@@H]1C[C@@H](O)CN1C(=O)[C@@H]1CCCN1. The third-order valence-corrected chi connectivity index (χ3v) is 20.2. The number of aliphatic hydroxyl groups excluding tert-OH is 5. The van der Waals surface area contributed by atoms with Crippen molar-refractivity contribution in [2.24, 2.45) is 0 Å². The van der Waals surface area contributed by atoms with Crippen LogP contribution in [0.3, 0.4) is 0 Å². The van der Waals surface area contributed by atoms with Crippen molar-refractivity contribution in [2.75, 3.05) is 98.2 Å². The van der Waals surface area contributed by atoms with E-state index in [1.165, 1.54) is 24.5 Å². The molecule has 14 amide bonds. The lowest BCUT2D eigenvalue weighted by Gasteiger charge is -2.32. The van der Waals surface area contributed by atoms with Gasteiger partial charge in [0.05, 0.1) is 62.7 Å². The predicted molar refractivity (Wildman–Crippen MR) is 323 cm³/mol. The van der Waals surface area contributed by atoms with Crippen molar-refractivity contribution in [3.63, 3.8) is 0 Å². The van der Waals surface area contributed by atoms with Crippen LogP contribution >= 0.6 is 0 Å². The third-order valence-electron chi connectivity index (χ3n) is 20.2. The Morgan fingerprint density at radius 1 is 0.302 bits per heavy atom. The Balaban J connectivity index is 0.677. The van der Waals surface area contributed by atoms with Crippen molar-refractivity contribution in [1.82, 2.24) is 76.0 Å². The van der Waals surface area contributed by atoms with Gasteiger partial charge in [-0.05, 0) is 70.8 Å². The van der Waals surface area contributed by atoms with Crippen molar-refractivity contribution in [3.05, 3.63) is 0 Å². The molecular weight excluding hydrogens is 1270 g/mol. The van der Waals surface area contributed by atoms with E-state index in [1.54, 1.807) is 0 Å². The van der Waals surface area contributed by atoms with E-state index in [9.17, 15) is 97.5 Å². The number of nitrogens with one attached hydrogen (secondary N) is 6. The number of carboxylic acids is 1. The van der Waals surface area contributed by atoms with Gasteiger partial charge in [0.25, 0.3) is 0 Å². The minimum atomic E-state index is -1.31. The maximum absolute atomic E-state index is 14.3. The molecule has 0 aromatic rings. The molecule has 0 aromatic heterocycles.